The molecule has 0 radical (unpaired) electrons. The van der Waals surface area contributed by atoms with E-state index < -0.39 is 0 Å². The molecule has 0 bridgehead atoms. The molecular formula is C21H23BrN2OS. The number of halogens is 1. The average Bonchev–Trinajstić information content (AvgIpc) is 3.31. The van der Waals surface area contributed by atoms with Gasteiger partial charge in [0.25, 0.3) is 0 Å². The minimum Gasteiger partial charge on any atom is -0.494 e. The van der Waals surface area contributed by atoms with E-state index >= 15 is 0 Å². The molecule has 4 rings (SSSR count). The smallest absolute Gasteiger partial charge is 0.120 e. The maximum atomic E-state index is 5.96. The van der Waals surface area contributed by atoms with Gasteiger partial charge in [-0.2, -0.15) is 4.37 Å². The van der Waals surface area contributed by atoms with Crippen molar-refractivity contribution in [2.24, 2.45) is 0 Å². The number of rotatable bonds is 7. The van der Waals surface area contributed by atoms with Crippen molar-refractivity contribution in [1.82, 2.24) is 9.27 Å². The minimum atomic E-state index is 0.789. The average molecular weight is 431 g/mol. The van der Waals surface area contributed by atoms with Crippen LogP contribution in [0.15, 0.2) is 46.9 Å². The number of hydrogen-bond donors (Lipinski definition) is 0. The van der Waals surface area contributed by atoms with Crippen molar-refractivity contribution in [3.05, 3.63) is 46.9 Å². The van der Waals surface area contributed by atoms with E-state index in [0.29, 0.717) is 0 Å². The molecule has 1 aromatic heterocycles. The minimum absolute atomic E-state index is 0.789. The van der Waals surface area contributed by atoms with Crippen LogP contribution in [-0.4, -0.2) is 35.5 Å². The van der Waals surface area contributed by atoms with Crippen molar-refractivity contribution in [1.29, 1.82) is 0 Å². The highest BCUT2D eigenvalue weighted by atomic mass is 79.9. The third-order valence-corrected chi connectivity index (χ3v) is 6.23. The molecule has 0 atom stereocenters. The van der Waals surface area contributed by atoms with Gasteiger partial charge in [0.2, 0.25) is 0 Å². The van der Waals surface area contributed by atoms with Gasteiger partial charge in [0, 0.05) is 15.4 Å². The van der Waals surface area contributed by atoms with Gasteiger partial charge in [-0.25, -0.2) is 0 Å². The van der Waals surface area contributed by atoms with Crippen molar-refractivity contribution in [3.63, 3.8) is 0 Å². The second-order valence-electron chi connectivity index (χ2n) is 6.80. The SMILES string of the molecule is Brc1ccc(-c2nsc3cc(OCCCCN4CCCC4)ccc23)cc1. The Morgan fingerprint density at radius 3 is 2.65 bits per heavy atom. The summed E-state index contributed by atoms with van der Waals surface area (Å²) in [5, 5.41) is 1.19. The molecule has 0 N–H and O–H groups in total. The molecule has 26 heavy (non-hydrogen) atoms. The second kappa shape index (κ2) is 8.51. The highest BCUT2D eigenvalue weighted by Crippen LogP contribution is 2.33. The number of unbranched alkanes of at least 4 members (excludes halogenated alkanes) is 1. The molecule has 3 nitrogen and oxygen atoms in total. The molecule has 0 aliphatic carbocycles. The molecule has 0 amide bonds. The topological polar surface area (TPSA) is 25.4 Å². The van der Waals surface area contributed by atoms with Crippen molar-refractivity contribution in [3.8, 4) is 17.0 Å². The van der Waals surface area contributed by atoms with E-state index in [4.69, 9.17) is 4.74 Å². The summed E-state index contributed by atoms with van der Waals surface area (Å²) in [6, 6.07) is 14.6. The van der Waals surface area contributed by atoms with Crippen molar-refractivity contribution in [2.75, 3.05) is 26.2 Å². The lowest BCUT2D eigenvalue weighted by atomic mass is 10.1. The van der Waals surface area contributed by atoms with E-state index in [-0.39, 0.29) is 0 Å². The fourth-order valence-corrected chi connectivity index (χ4v) is 4.55. The van der Waals surface area contributed by atoms with Crippen LogP contribution in [0.3, 0.4) is 0 Å². The first kappa shape index (κ1) is 18.0. The zero-order chi connectivity index (χ0) is 17.8. The largest absolute Gasteiger partial charge is 0.494 e. The quantitative estimate of drug-likeness (QED) is 0.431. The molecule has 1 saturated heterocycles. The first-order valence-electron chi connectivity index (χ1n) is 9.30. The van der Waals surface area contributed by atoms with E-state index in [2.05, 4.69) is 67.7 Å². The van der Waals surface area contributed by atoms with Crippen LogP contribution >= 0.6 is 27.5 Å². The summed E-state index contributed by atoms with van der Waals surface area (Å²) in [4.78, 5) is 2.56. The van der Waals surface area contributed by atoms with Gasteiger partial charge < -0.3 is 9.64 Å². The molecule has 2 heterocycles. The van der Waals surface area contributed by atoms with Crippen LogP contribution in [0.1, 0.15) is 25.7 Å². The fraction of sp³-hybridized carbons (Fsp3) is 0.381. The zero-order valence-electron chi connectivity index (χ0n) is 14.8. The van der Waals surface area contributed by atoms with Crippen molar-refractivity contribution < 1.29 is 4.74 Å². The number of ether oxygens (including phenoxy) is 1. The van der Waals surface area contributed by atoms with Crippen LogP contribution in [0, 0.1) is 0 Å². The summed E-state index contributed by atoms with van der Waals surface area (Å²) < 4.78 is 12.9. The van der Waals surface area contributed by atoms with E-state index in [0.717, 1.165) is 34.5 Å². The predicted octanol–water partition coefficient (Wildman–Crippen LogP) is 5.98. The Kier molecular flexibility index (Phi) is 5.88. The fourth-order valence-electron chi connectivity index (χ4n) is 3.46. The Balaban J connectivity index is 1.35. The van der Waals surface area contributed by atoms with Crippen LogP contribution in [0.5, 0.6) is 5.75 Å². The van der Waals surface area contributed by atoms with Gasteiger partial charge in [-0.1, -0.05) is 28.1 Å². The Bertz CT molecular complexity index is 856. The van der Waals surface area contributed by atoms with Crippen LogP contribution < -0.4 is 4.74 Å². The van der Waals surface area contributed by atoms with Gasteiger partial charge in [0.1, 0.15) is 5.75 Å². The highest BCUT2D eigenvalue weighted by Gasteiger charge is 2.11. The van der Waals surface area contributed by atoms with Crippen LogP contribution in [-0.2, 0) is 0 Å². The zero-order valence-corrected chi connectivity index (χ0v) is 17.2. The summed E-state index contributed by atoms with van der Waals surface area (Å²) in [5.74, 6) is 0.949. The monoisotopic (exact) mass is 430 g/mol. The lowest BCUT2D eigenvalue weighted by Crippen LogP contribution is -2.20. The van der Waals surface area contributed by atoms with Gasteiger partial charge in [-0.05, 0) is 87.2 Å². The summed E-state index contributed by atoms with van der Waals surface area (Å²) in [5.41, 5.74) is 2.20. The van der Waals surface area contributed by atoms with Gasteiger partial charge in [-0.3, -0.25) is 0 Å². The molecule has 0 unspecified atom stereocenters. The molecule has 2 aromatic carbocycles. The Hall–Kier alpha value is -1.43. The first-order valence-corrected chi connectivity index (χ1v) is 10.9. The van der Waals surface area contributed by atoms with Crippen molar-refractivity contribution in [2.45, 2.75) is 25.7 Å². The standard InChI is InChI=1S/C21H23BrN2OS/c22-17-7-5-16(6-8-17)21-19-10-9-18(15-20(19)26-23-21)25-14-4-3-13-24-11-1-2-12-24/h5-10,15H,1-4,11-14H2. The molecule has 1 aliphatic heterocycles. The lowest BCUT2D eigenvalue weighted by molar-refractivity contribution is 0.280. The molecular weight excluding hydrogens is 408 g/mol. The summed E-state index contributed by atoms with van der Waals surface area (Å²) in [6.07, 6.45) is 5.07. The molecule has 136 valence electrons. The Morgan fingerprint density at radius 1 is 1.04 bits per heavy atom. The number of likely N-dealkylation sites (tertiary alicyclic amines) is 1. The summed E-state index contributed by atoms with van der Waals surface area (Å²) >= 11 is 5.02. The molecule has 1 fully saturated rings. The molecule has 3 aromatic rings. The summed E-state index contributed by atoms with van der Waals surface area (Å²) in [6.45, 7) is 4.57. The maximum absolute atomic E-state index is 5.96. The normalized spacial score (nSPS) is 15.0. The van der Waals surface area contributed by atoms with Crippen LogP contribution in [0.25, 0.3) is 21.3 Å². The highest BCUT2D eigenvalue weighted by molar-refractivity contribution is 9.10. The predicted molar refractivity (Wildman–Crippen MR) is 113 cm³/mol. The van der Waals surface area contributed by atoms with Gasteiger partial charge in [0.15, 0.2) is 0 Å². The second-order valence-corrected chi connectivity index (χ2v) is 8.52. The first-order chi connectivity index (χ1) is 12.8. The molecule has 0 saturated carbocycles. The number of benzene rings is 2. The molecule has 0 spiro atoms. The molecule has 1 aliphatic rings. The third-order valence-electron chi connectivity index (χ3n) is 4.90. The lowest BCUT2D eigenvalue weighted by Gasteiger charge is -2.14. The summed E-state index contributed by atoms with van der Waals surface area (Å²) in [7, 11) is 0. The van der Waals surface area contributed by atoms with Gasteiger partial charge in [0.05, 0.1) is 17.0 Å². The van der Waals surface area contributed by atoms with E-state index in [1.54, 1.807) is 0 Å². The maximum Gasteiger partial charge on any atom is 0.120 e. The third kappa shape index (κ3) is 4.27. The number of hydrogen-bond acceptors (Lipinski definition) is 4. The van der Waals surface area contributed by atoms with E-state index in [9.17, 15) is 0 Å². The van der Waals surface area contributed by atoms with E-state index in [1.165, 1.54) is 60.5 Å². The van der Waals surface area contributed by atoms with Crippen molar-refractivity contribution >= 4 is 37.5 Å². The Labute approximate surface area is 167 Å². The number of fused-ring (bicyclic) bond motifs is 1. The molecule has 5 heteroatoms. The van der Waals surface area contributed by atoms with E-state index in [1.807, 2.05) is 0 Å². The number of nitrogens with zero attached hydrogens (tertiary/aromatic N) is 2. The number of aromatic nitrogens is 1. The van der Waals surface area contributed by atoms with Gasteiger partial charge >= 0.3 is 0 Å². The Morgan fingerprint density at radius 2 is 1.85 bits per heavy atom. The van der Waals surface area contributed by atoms with Crippen LogP contribution in [0.4, 0.5) is 0 Å². The van der Waals surface area contributed by atoms with Crippen LogP contribution in [0.2, 0.25) is 0 Å². The van der Waals surface area contributed by atoms with Gasteiger partial charge in [-0.15, -0.1) is 0 Å².